The summed E-state index contributed by atoms with van der Waals surface area (Å²) in [6, 6.07) is 15.2. The fraction of sp³-hybridized carbons (Fsp3) is 0.278. The number of Topliss-reactive ketones (excluding diaryl/α,β-unsaturated/α-hetero) is 1. The molecule has 0 aromatic heterocycles. The second-order valence-corrected chi connectivity index (χ2v) is 5.40. The van der Waals surface area contributed by atoms with E-state index in [-0.39, 0.29) is 5.78 Å². The zero-order chi connectivity index (χ0) is 14.7. The third kappa shape index (κ3) is 3.14. The number of nitrogens with two attached hydrogens (primary N) is 1. The van der Waals surface area contributed by atoms with Gasteiger partial charge in [-0.05, 0) is 29.2 Å². The van der Waals surface area contributed by atoms with Crippen LogP contribution in [0.1, 0.15) is 29.2 Å². The third-order valence-electron chi connectivity index (χ3n) is 3.92. The van der Waals surface area contributed by atoms with Crippen LogP contribution < -0.4 is 10.5 Å². The molecule has 2 aromatic carbocycles. The minimum absolute atomic E-state index is 0.0814. The summed E-state index contributed by atoms with van der Waals surface area (Å²) in [6.07, 6.45) is 2.16. The number of hydrogen-bond donors (Lipinski definition) is 1. The Morgan fingerprint density at radius 3 is 2.81 bits per heavy atom. The Balaban J connectivity index is 1.61. The van der Waals surface area contributed by atoms with Crippen LogP contribution in [0.3, 0.4) is 0 Å². The molecule has 2 N–H and O–H groups in total. The molecule has 1 heterocycles. The lowest BCUT2D eigenvalue weighted by molar-refractivity contribution is -0.120. The number of benzene rings is 2. The van der Waals surface area contributed by atoms with E-state index in [0.717, 1.165) is 30.8 Å². The van der Waals surface area contributed by atoms with Crippen LogP contribution in [0.2, 0.25) is 0 Å². The molecule has 3 heteroatoms. The van der Waals surface area contributed by atoms with E-state index < -0.39 is 6.04 Å². The standard InChI is InChI=1S/C18H19NO2/c19-18(14-4-2-1-3-5-14)16(20)8-6-13-7-9-17-15(12-13)10-11-21-17/h1-5,7,9,12,18H,6,8,10-11,19H2. The van der Waals surface area contributed by atoms with Crippen LogP contribution in [0.25, 0.3) is 0 Å². The summed E-state index contributed by atoms with van der Waals surface area (Å²) in [4.78, 5) is 12.2. The number of ether oxygens (including phenoxy) is 1. The third-order valence-corrected chi connectivity index (χ3v) is 3.92. The highest BCUT2D eigenvalue weighted by atomic mass is 16.5. The number of hydrogen-bond acceptors (Lipinski definition) is 3. The van der Waals surface area contributed by atoms with E-state index in [2.05, 4.69) is 6.07 Å². The Kier molecular flexibility index (Phi) is 4.02. The van der Waals surface area contributed by atoms with Crippen LogP contribution in [0.5, 0.6) is 5.75 Å². The van der Waals surface area contributed by atoms with Crippen molar-refractivity contribution in [3.63, 3.8) is 0 Å². The molecule has 0 amide bonds. The molecule has 1 aliphatic rings. The van der Waals surface area contributed by atoms with Gasteiger partial charge in [-0.15, -0.1) is 0 Å². The van der Waals surface area contributed by atoms with Gasteiger partial charge < -0.3 is 10.5 Å². The lowest BCUT2D eigenvalue weighted by Crippen LogP contribution is -2.21. The number of carbonyl (C=O) groups is 1. The molecular formula is C18H19NO2. The maximum atomic E-state index is 12.2. The summed E-state index contributed by atoms with van der Waals surface area (Å²) in [5.41, 5.74) is 9.32. The summed E-state index contributed by atoms with van der Waals surface area (Å²) in [6.45, 7) is 0.761. The largest absolute Gasteiger partial charge is 0.493 e. The van der Waals surface area contributed by atoms with Crippen LogP contribution >= 0.6 is 0 Å². The average Bonchev–Trinajstić information content (AvgIpc) is 3.00. The predicted octanol–water partition coefficient (Wildman–Crippen LogP) is 2.82. The van der Waals surface area contributed by atoms with Crippen molar-refractivity contribution in [2.24, 2.45) is 5.73 Å². The van der Waals surface area contributed by atoms with E-state index in [1.54, 1.807) is 0 Å². The van der Waals surface area contributed by atoms with Crippen molar-refractivity contribution in [3.8, 4) is 5.75 Å². The Morgan fingerprint density at radius 1 is 1.19 bits per heavy atom. The van der Waals surface area contributed by atoms with Crippen LogP contribution in [0, 0.1) is 0 Å². The van der Waals surface area contributed by atoms with Crippen molar-refractivity contribution in [1.82, 2.24) is 0 Å². The molecule has 3 rings (SSSR count). The molecule has 0 saturated carbocycles. The first kappa shape index (κ1) is 13.8. The molecule has 0 aliphatic carbocycles. The predicted molar refractivity (Wildman–Crippen MR) is 82.3 cm³/mol. The molecule has 108 valence electrons. The van der Waals surface area contributed by atoms with E-state index in [4.69, 9.17) is 10.5 Å². The zero-order valence-electron chi connectivity index (χ0n) is 11.9. The van der Waals surface area contributed by atoms with Crippen LogP contribution in [-0.2, 0) is 17.6 Å². The van der Waals surface area contributed by atoms with Gasteiger partial charge in [0, 0.05) is 12.8 Å². The van der Waals surface area contributed by atoms with Crippen molar-refractivity contribution in [2.45, 2.75) is 25.3 Å². The normalized spacial score (nSPS) is 14.3. The van der Waals surface area contributed by atoms with Crippen molar-refractivity contribution < 1.29 is 9.53 Å². The highest BCUT2D eigenvalue weighted by molar-refractivity contribution is 5.85. The fourth-order valence-electron chi connectivity index (χ4n) is 2.66. The van der Waals surface area contributed by atoms with Gasteiger partial charge in [-0.3, -0.25) is 4.79 Å². The summed E-state index contributed by atoms with van der Waals surface area (Å²) in [5.74, 6) is 1.06. The summed E-state index contributed by atoms with van der Waals surface area (Å²) < 4.78 is 5.49. The Labute approximate surface area is 124 Å². The minimum atomic E-state index is -0.524. The molecule has 1 unspecified atom stereocenters. The molecule has 2 aromatic rings. The molecule has 21 heavy (non-hydrogen) atoms. The fourth-order valence-corrected chi connectivity index (χ4v) is 2.66. The average molecular weight is 281 g/mol. The monoisotopic (exact) mass is 281 g/mol. The first-order chi connectivity index (χ1) is 10.2. The van der Waals surface area contributed by atoms with E-state index in [9.17, 15) is 4.79 Å². The van der Waals surface area contributed by atoms with Gasteiger partial charge in [-0.25, -0.2) is 0 Å². The van der Waals surface area contributed by atoms with Gasteiger partial charge in [0.15, 0.2) is 5.78 Å². The first-order valence-corrected chi connectivity index (χ1v) is 7.32. The number of ketones is 1. The van der Waals surface area contributed by atoms with Crippen molar-refractivity contribution in [1.29, 1.82) is 0 Å². The van der Waals surface area contributed by atoms with Crippen molar-refractivity contribution >= 4 is 5.78 Å². The molecule has 0 bridgehead atoms. The van der Waals surface area contributed by atoms with Gasteiger partial charge in [0.2, 0.25) is 0 Å². The molecular weight excluding hydrogens is 262 g/mol. The SMILES string of the molecule is NC(C(=O)CCc1ccc2c(c1)CCO2)c1ccccc1. The quantitative estimate of drug-likeness (QED) is 0.917. The molecule has 1 atom stereocenters. The van der Waals surface area contributed by atoms with E-state index >= 15 is 0 Å². The number of rotatable bonds is 5. The Hall–Kier alpha value is -2.13. The maximum Gasteiger partial charge on any atom is 0.154 e. The summed E-state index contributed by atoms with van der Waals surface area (Å²) >= 11 is 0. The van der Waals surface area contributed by atoms with Crippen LogP contribution in [0.15, 0.2) is 48.5 Å². The van der Waals surface area contributed by atoms with Crippen LogP contribution in [0.4, 0.5) is 0 Å². The Morgan fingerprint density at radius 2 is 2.00 bits per heavy atom. The molecule has 1 aliphatic heterocycles. The smallest absolute Gasteiger partial charge is 0.154 e. The van der Waals surface area contributed by atoms with Crippen molar-refractivity contribution in [3.05, 3.63) is 65.2 Å². The van der Waals surface area contributed by atoms with Gasteiger partial charge >= 0.3 is 0 Å². The van der Waals surface area contributed by atoms with Gasteiger partial charge in [0.25, 0.3) is 0 Å². The van der Waals surface area contributed by atoms with E-state index in [0.29, 0.717) is 6.42 Å². The number of aryl methyl sites for hydroxylation is 1. The molecule has 0 spiro atoms. The van der Waals surface area contributed by atoms with E-state index in [1.165, 1.54) is 11.1 Å². The van der Waals surface area contributed by atoms with Gasteiger partial charge in [0.05, 0.1) is 12.6 Å². The van der Waals surface area contributed by atoms with Gasteiger partial charge in [-0.1, -0.05) is 42.5 Å². The lowest BCUT2D eigenvalue weighted by Gasteiger charge is -2.11. The Bertz CT molecular complexity index is 637. The number of carbonyl (C=O) groups excluding carboxylic acids is 1. The maximum absolute atomic E-state index is 12.2. The van der Waals surface area contributed by atoms with Gasteiger partial charge in [-0.2, -0.15) is 0 Å². The summed E-state index contributed by atoms with van der Waals surface area (Å²) in [7, 11) is 0. The van der Waals surface area contributed by atoms with Crippen molar-refractivity contribution in [2.75, 3.05) is 6.61 Å². The first-order valence-electron chi connectivity index (χ1n) is 7.32. The van der Waals surface area contributed by atoms with Gasteiger partial charge in [0.1, 0.15) is 5.75 Å². The highest BCUT2D eigenvalue weighted by Gasteiger charge is 2.16. The molecule has 0 fully saturated rings. The molecule has 0 radical (unpaired) electrons. The second-order valence-electron chi connectivity index (χ2n) is 5.40. The van der Waals surface area contributed by atoms with Crippen LogP contribution in [-0.4, -0.2) is 12.4 Å². The molecule has 0 saturated heterocycles. The highest BCUT2D eigenvalue weighted by Crippen LogP contribution is 2.26. The summed E-state index contributed by atoms with van der Waals surface area (Å²) in [5, 5.41) is 0. The second kappa shape index (κ2) is 6.10. The topological polar surface area (TPSA) is 52.3 Å². The lowest BCUT2D eigenvalue weighted by atomic mass is 9.97. The molecule has 3 nitrogen and oxygen atoms in total. The number of fused-ring (bicyclic) bond motifs is 1. The van der Waals surface area contributed by atoms with E-state index in [1.807, 2.05) is 42.5 Å². The minimum Gasteiger partial charge on any atom is -0.493 e. The zero-order valence-corrected chi connectivity index (χ0v) is 11.9.